The molecule has 0 bridgehead atoms. The molecule has 2 nitrogen and oxygen atoms in total. The Bertz CT molecular complexity index is 1170. The Kier molecular flexibility index (Phi) is 29.2. The van der Waals surface area contributed by atoms with E-state index < -0.39 is 0 Å². The van der Waals surface area contributed by atoms with E-state index >= 15 is 0 Å². The molecule has 3 heteroatoms. The van der Waals surface area contributed by atoms with Crippen LogP contribution in [0.25, 0.3) is 0 Å². The Morgan fingerprint density at radius 1 is 0.500 bits per heavy atom. The molecule has 0 saturated carbocycles. The second-order valence-corrected chi connectivity index (χ2v) is 14.4. The van der Waals surface area contributed by atoms with Gasteiger partial charge in [-0.3, -0.25) is 9.98 Å². The molecule has 0 unspecified atom stereocenters. The molecule has 0 aliphatic rings. The van der Waals surface area contributed by atoms with E-state index in [0.29, 0.717) is 0 Å². The third-order valence-corrected chi connectivity index (χ3v) is 9.95. The van der Waals surface area contributed by atoms with Crippen molar-refractivity contribution in [2.75, 3.05) is 0 Å². The quantitative estimate of drug-likeness (QED) is 0.0331. The van der Waals surface area contributed by atoms with Crippen LogP contribution in [0.2, 0.25) is 0 Å². The summed E-state index contributed by atoms with van der Waals surface area (Å²) in [6.07, 6.45) is 38.0. The van der Waals surface area contributed by atoms with Crippen molar-refractivity contribution in [1.82, 2.24) is 0 Å². The van der Waals surface area contributed by atoms with Crippen LogP contribution in [0, 0.1) is 0 Å². The van der Waals surface area contributed by atoms with E-state index in [2.05, 4.69) is 89.2 Å². The van der Waals surface area contributed by atoms with Crippen LogP contribution >= 0.6 is 0 Å². The molecule has 0 spiro atoms. The van der Waals surface area contributed by atoms with Crippen LogP contribution in [0.5, 0.6) is 0 Å². The predicted molar refractivity (Wildman–Crippen MR) is 222 cm³/mol. The third kappa shape index (κ3) is 21.4. The monoisotopic (exact) mass is 727 g/mol. The number of para-hydroxylation sites is 1. The Hall–Kier alpha value is -1.99. The molecule has 0 radical (unpaired) electrons. The minimum Gasteiger partial charge on any atom is -0.252 e. The van der Waals surface area contributed by atoms with Gasteiger partial charge in [0.25, 0.3) is 0 Å². The van der Waals surface area contributed by atoms with Gasteiger partial charge in [-0.1, -0.05) is 174 Å². The maximum atomic E-state index is 5.45. The molecular formula is C47H76N2Ni. The number of nitrogens with zero attached hydrogens (tertiary/aromatic N) is 2. The summed E-state index contributed by atoms with van der Waals surface area (Å²) < 4.78 is 0. The average Bonchev–Trinajstić information content (AvgIpc) is 3.13. The number of hydrogen-bond donors (Lipinski definition) is 0. The largest absolute Gasteiger partial charge is 0.252 e. The zero-order valence-electron chi connectivity index (χ0n) is 33.3. The maximum Gasteiger partial charge on any atom is 0.0665 e. The number of aryl methyl sites for hydroxylation is 3. The topological polar surface area (TPSA) is 24.7 Å². The summed E-state index contributed by atoms with van der Waals surface area (Å²) in [6.45, 7) is 11.4. The minimum absolute atomic E-state index is 0. The van der Waals surface area contributed by atoms with Gasteiger partial charge in [0.1, 0.15) is 0 Å². The molecule has 0 aliphatic carbocycles. The molecule has 0 aliphatic heterocycles. The van der Waals surface area contributed by atoms with Gasteiger partial charge in [-0.25, -0.2) is 0 Å². The van der Waals surface area contributed by atoms with Gasteiger partial charge in [0.05, 0.1) is 22.8 Å². The van der Waals surface area contributed by atoms with Crippen molar-refractivity contribution in [1.29, 1.82) is 0 Å². The normalized spacial score (nSPS) is 12.2. The predicted octanol–water partition coefficient (Wildman–Crippen LogP) is 15.8. The number of rotatable bonds is 30. The zero-order chi connectivity index (χ0) is 35.2. The smallest absolute Gasteiger partial charge is 0.0665 e. The van der Waals surface area contributed by atoms with Crippen molar-refractivity contribution < 1.29 is 16.5 Å². The van der Waals surface area contributed by atoms with E-state index in [1.165, 1.54) is 150 Å². The molecule has 0 atom stereocenters. The maximum absolute atomic E-state index is 5.45. The first-order chi connectivity index (χ1) is 24.1. The molecule has 0 N–H and O–H groups in total. The second kappa shape index (κ2) is 31.7. The molecule has 50 heavy (non-hydrogen) atoms. The number of aliphatic imine (C=N–C) groups is 2. The summed E-state index contributed by atoms with van der Waals surface area (Å²) in [5, 5.41) is 0. The fourth-order valence-electron chi connectivity index (χ4n) is 6.70. The molecule has 2 rings (SSSR count). The second-order valence-electron chi connectivity index (χ2n) is 14.4. The molecule has 2 aromatic rings. The van der Waals surface area contributed by atoms with Crippen LogP contribution in [0.1, 0.15) is 199 Å². The Morgan fingerprint density at radius 3 is 1.56 bits per heavy atom. The first kappa shape index (κ1) is 46.0. The summed E-state index contributed by atoms with van der Waals surface area (Å²) in [6, 6.07) is 15.8. The van der Waals surface area contributed by atoms with Crippen LogP contribution < -0.4 is 0 Å². The van der Waals surface area contributed by atoms with E-state index in [-0.39, 0.29) is 16.5 Å². The van der Waals surface area contributed by atoms with Gasteiger partial charge in [-0.2, -0.15) is 0 Å². The van der Waals surface area contributed by atoms with Crippen molar-refractivity contribution >= 4 is 22.8 Å². The van der Waals surface area contributed by atoms with Crippen LogP contribution in [0.15, 0.2) is 64.6 Å². The van der Waals surface area contributed by atoms with Crippen molar-refractivity contribution in [2.45, 2.75) is 202 Å². The van der Waals surface area contributed by atoms with Crippen molar-refractivity contribution in [3.63, 3.8) is 0 Å². The van der Waals surface area contributed by atoms with Crippen molar-refractivity contribution in [2.24, 2.45) is 9.98 Å². The van der Waals surface area contributed by atoms with Gasteiger partial charge in [-0.05, 0) is 99.1 Å². The Balaban J connectivity index is 0.0000125. The summed E-state index contributed by atoms with van der Waals surface area (Å²) in [7, 11) is 0. The van der Waals surface area contributed by atoms with E-state index in [0.717, 1.165) is 56.3 Å². The minimum atomic E-state index is 0. The SMILES string of the molecule is CCCCCCCCCCCCCCCC=CCCc1ccccc1N=C(CCCCCC)C(CCCC)=Nc1cc(CC)cc(CC)c1.[Ni]. The van der Waals surface area contributed by atoms with Crippen LogP contribution in [0.4, 0.5) is 11.4 Å². The fourth-order valence-corrected chi connectivity index (χ4v) is 6.70. The van der Waals surface area contributed by atoms with Gasteiger partial charge in [0.15, 0.2) is 0 Å². The van der Waals surface area contributed by atoms with Gasteiger partial charge >= 0.3 is 0 Å². The van der Waals surface area contributed by atoms with Crippen LogP contribution in [0.3, 0.4) is 0 Å². The number of hydrogen-bond acceptors (Lipinski definition) is 2. The molecule has 284 valence electrons. The van der Waals surface area contributed by atoms with E-state index in [1.54, 1.807) is 0 Å². The first-order valence-corrected chi connectivity index (χ1v) is 21.2. The van der Waals surface area contributed by atoms with Gasteiger partial charge in [0, 0.05) is 16.5 Å². The molecule has 2 aromatic carbocycles. The molecule has 0 amide bonds. The first-order valence-electron chi connectivity index (χ1n) is 21.2. The van der Waals surface area contributed by atoms with Crippen LogP contribution in [-0.2, 0) is 35.8 Å². The Labute approximate surface area is 320 Å². The number of allylic oxidation sites excluding steroid dienone is 2. The standard InChI is InChI=1S/C47H76N2.Ni/c1-6-11-14-16-17-18-19-20-21-22-23-24-25-26-27-28-29-33-43-34-31-32-36-45(43)49-47(37-30-15-12-7-2)46(35-13-8-3)48-44-39-41(9-4)38-42(10-5)40-44;/h27-28,31-32,34,36,38-40H,6-26,29-30,33,35,37H2,1-5H3;. The molecule has 0 heterocycles. The van der Waals surface area contributed by atoms with E-state index in [4.69, 9.17) is 9.98 Å². The number of unbranched alkanes of at least 4 members (excludes halogenated alkanes) is 17. The number of benzene rings is 2. The van der Waals surface area contributed by atoms with Gasteiger partial charge < -0.3 is 0 Å². The van der Waals surface area contributed by atoms with Crippen LogP contribution in [-0.4, -0.2) is 11.4 Å². The summed E-state index contributed by atoms with van der Waals surface area (Å²) >= 11 is 0. The van der Waals surface area contributed by atoms with Crippen molar-refractivity contribution in [3.8, 4) is 0 Å². The van der Waals surface area contributed by atoms with E-state index in [9.17, 15) is 0 Å². The zero-order valence-corrected chi connectivity index (χ0v) is 34.3. The third-order valence-electron chi connectivity index (χ3n) is 9.95. The molecular weight excluding hydrogens is 651 g/mol. The average molecular weight is 728 g/mol. The fraction of sp³-hybridized carbons (Fsp3) is 0.660. The summed E-state index contributed by atoms with van der Waals surface area (Å²) in [5.41, 5.74) is 8.75. The molecule has 0 saturated heterocycles. The molecule has 0 fully saturated rings. The Morgan fingerprint density at radius 2 is 0.980 bits per heavy atom. The van der Waals surface area contributed by atoms with Crippen molar-refractivity contribution in [3.05, 3.63) is 71.3 Å². The summed E-state index contributed by atoms with van der Waals surface area (Å²) in [5.74, 6) is 0. The molecule has 0 aromatic heterocycles. The van der Waals surface area contributed by atoms with E-state index in [1.807, 2.05) is 0 Å². The van der Waals surface area contributed by atoms with Gasteiger partial charge in [-0.15, -0.1) is 0 Å². The van der Waals surface area contributed by atoms with Gasteiger partial charge in [0.2, 0.25) is 0 Å². The summed E-state index contributed by atoms with van der Waals surface area (Å²) in [4.78, 5) is 10.8.